The van der Waals surface area contributed by atoms with Gasteiger partial charge in [-0.3, -0.25) is 0 Å². The van der Waals surface area contributed by atoms with Crippen molar-refractivity contribution in [1.82, 2.24) is 14.9 Å². The van der Waals surface area contributed by atoms with Crippen LogP contribution in [0.25, 0.3) is 11.4 Å². The van der Waals surface area contributed by atoms with Crippen molar-refractivity contribution >= 4 is 10.0 Å². The van der Waals surface area contributed by atoms with Crippen LogP contribution in [0.15, 0.2) is 40.3 Å². The van der Waals surface area contributed by atoms with Gasteiger partial charge in [-0.1, -0.05) is 35.5 Å². The van der Waals surface area contributed by atoms with Gasteiger partial charge in [-0.2, -0.15) is 22.9 Å². The number of halogens is 3. The highest BCUT2D eigenvalue weighted by molar-refractivity contribution is 7.92. The summed E-state index contributed by atoms with van der Waals surface area (Å²) < 4.78 is 72.5. The molecule has 2 aromatic rings. The highest BCUT2D eigenvalue weighted by Gasteiger charge is 2.38. The number of nitrogens with one attached hydrogen (secondary N) is 1. The summed E-state index contributed by atoms with van der Waals surface area (Å²) in [5.74, 6) is -1.68. The van der Waals surface area contributed by atoms with Crippen molar-refractivity contribution in [2.24, 2.45) is 0 Å². The summed E-state index contributed by atoms with van der Waals surface area (Å²) in [5, 5.41) is 4.25. The highest BCUT2D eigenvalue weighted by atomic mass is 32.2. The first-order chi connectivity index (χ1) is 11.7. The Labute approximate surface area is 141 Å². The number of sulfonamides is 1. The number of alkyl halides is 3. The second kappa shape index (κ2) is 7.33. The average molecular weight is 377 g/mol. The standard InChI is InChI=1S/C14H14F3N3O4S/c1-3-8-25(21,22)20-12(23-2)10-6-4-9(5-7-10)11-18-13(24-19-11)14(15,16)17/h3-8,12,20H,1-2H3/b8-3+. The molecule has 1 N–H and O–H groups in total. The van der Waals surface area contributed by atoms with E-state index in [4.69, 9.17) is 4.74 Å². The van der Waals surface area contributed by atoms with Gasteiger partial charge in [0.1, 0.15) is 6.23 Å². The van der Waals surface area contributed by atoms with E-state index >= 15 is 0 Å². The van der Waals surface area contributed by atoms with E-state index in [1.807, 2.05) is 0 Å². The Balaban J connectivity index is 2.22. The van der Waals surface area contributed by atoms with Crippen molar-refractivity contribution in [3.63, 3.8) is 0 Å². The molecule has 25 heavy (non-hydrogen) atoms. The molecule has 2 rings (SSSR count). The maximum Gasteiger partial charge on any atom is 0.471 e. The molecule has 1 atom stereocenters. The van der Waals surface area contributed by atoms with E-state index in [1.54, 1.807) is 6.92 Å². The number of methoxy groups -OCH3 is 1. The molecule has 7 nitrogen and oxygen atoms in total. The minimum absolute atomic E-state index is 0.234. The molecule has 1 aromatic carbocycles. The van der Waals surface area contributed by atoms with Gasteiger partial charge in [0.2, 0.25) is 15.8 Å². The van der Waals surface area contributed by atoms with E-state index in [2.05, 4.69) is 19.4 Å². The summed E-state index contributed by atoms with van der Waals surface area (Å²) in [6.07, 6.45) is -4.34. The molecule has 0 bridgehead atoms. The van der Waals surface area contributed by atoms with E-state index in [9.17, 15) is 21.6 Å². The lowest BCUT2D eigenvalue weighted by atomic mass is 10.1. The van der Waals surface area contributed by atoms with Crippen molar-refractivity contribution < 1.29 is 30.8 Å². The fourth-order valence-corrected chi connectivity index (χ4v) is 2.85. The molecule has 1 aromatic heterocycles. The molecule has 1 unspecified atom stereocenters. The van der Waals surface area contributed by atoms with Crippen molar-refractivity contribution in [2.75, 3.05) is 7.11 Å². The van der Waals surface area contributed by atoms with Crippen molar-refractivity contribution in [2.45, 2.75) is 19.3 Å². The highest BCUT2D eigenvalue weighted by Crippen LogP contribution is 2.29. The number of allylic oxidation sites excluding steroid dienone is 1. The van der Waals surface area contributed by atoms with Crippen LogP contribution in [0.3, 0.4) is 0 Å². The normalized spacial score (nSPS) is 14.1. The molecule has 0 saturated carbocycles. The number of hydrogen-bond donors (Lipinski definition) is 1. The molecule has 0 amide bonds. The molecule has 11 heteroatoms. The summed E-state index contributed by atoms with van der Waals surface area (Å²) in [6, 6.07) is 5.81. The SMILES string of the molecule is C/C=C/S(=O)(=O)NC(OC)c1ccc(-c2noc(C(F)(F)F)n2)cc1. The van der Waals surface area contributed by atoms with E-state index in [0.717, 1.165) is 5.41 Å². The number of rotatable bonds is 6. The van der Waals surface area contributed by atoms with E-state index in [1.165, 1.54) is 37.5 Å². The molecular formula is C14H14F3N3O4S. The summed E-state index contributed by atoms with van der Waals surface area (Å²) in [6.45, 7) is 1.55. The van der Waals surface area contributed by atoms with Crippen LogP contribution in [-0.4, -0.2) is 25.7 Å². The smallest absolute Gasteiger partial charge is 0.361 e. The zero-order valence-corrected chi connectivity index (χ0v) is 13.9. The summed E-state index contributed by atoms with van der Waals surface area (Å²) in [4.78, 5) is 3.28. The summed E-state index contributed by atoms with van der Waals surface area (Å²) in [5.41, 5.74) is 0.716. The number of aromatic nitrogens is 2. The summed E-state index contributed by atoms with van der Waals surface area (Å²) >= 11 is 0. The fraction of sp³-hybridized carbons (Fsp3) is 0.286. The Morgan fingerprint density at radius 1 is 1.28 bits per heavy atom. The predicted molar refractivity (Wildman–Crippen MR) is 81.4 cm³/mol. The number of hydrogen-bond acceptors (Lipinski definition) is 6. The molecule has 0 aliphatic heterocycles. The zero-order valence-electron chi connectivity index (χ0n) is 13.1. The molecule has 0 saturated heterocycles. The van der Waals surface area contributed by atoms with Crippen LogP contribution in [0.5, 0.6) is 0 Å². The second-order valence-electron chi connectivity index (χ2n) is 4.79. The van der Waals surface area contributed by atoms with Crippen LogP contribution >= 0.6 is 0 Å². The number of nitrogens with zero attached hydrogens (tertiary/aromatic N) is 2. The van der Waals surface area contributed by atoms with Crippen LogP contribution < -0.4 is 4.72 Å². The van der Waals surface area contributed by atoms with Gasteiger partial charge in [0, 0.05) is 18.1 Å². The first-order valence-electron chi connectivity index (χ1n) is 6.85. The van der Waals surface area contributed by atoms with E-state index in [-0.39, 0.29) is 11.4 Å². The van der Waals surface area contributed by atoms with Crippen molar-refractivity contribution in [3.05, 3.63) is 47.2 Å². The molecule has 136 valence electrons. The Kier molecular flexibility index (Phi) is 5.60. The summed E-state index contributed by atoms with van der Waals surface area (Å²) in [7, 11) is -2.38. The Morgan fingerprint density at radius 2 is 1.92 bits per heavy atom. The second-order valence-corrected chi connectivity index (χ2v) is 6.39. The van der Waals surface area contributed by atoms with Crippen LogP contribution in [0.2, 0.25) is 0 Å². The van der Waals surface area contributed by atoms with Gasteiger partial charge >= 0.3 is 12.1 Å². The maximum atomic E-state index is 12.5. The molecule has 1 heterocycles. The fourth-order valence-electron chi connectivity index (χ4n) is 1.88. The monoisotopic (exact) mass is 377 g/mol. The lowest BCUT2D eigenvalue weighted by molar-refractivity contribution is -0.159. The third-order valence-electron chi connectivity index (χ3n) is 2.96. The van der Waals surface area contributed by atoms with Crippen molar-refractivity contribution in [3.8, 4) is 11.4 Å². The molecule has 0 aliphatic rings. The Morgan fingerprint density at radius 3 is 2.40 bits per heavy atom. The van der Waals surface area contributed by atoms with Crippen LogP contribution in [0, 0.1) is 0 Å². The Bertz CT molecular complexity index is 845. The minimum atomic E-state index is -4.72. The molecule has 0 spiro atoms. The zero-order chi connectivity index (χ0) is 18.7. The third-order valence-corrected chi connectivity index (χ3v) is 4.14. The van der Waals surface area contributed by atoms with Gasteiger partial charge in [-0.05, 0) is 12.5 Å². The Hall–Kier alpha value is -2.24. The van der Waals surface area contributed by atoms with Gasteiger partial charge in [-0.15, -0.1) is 0 Å². The largest absolute Gasteiger partial charge is 0.471 e. The minimum Gasteiger partial charge on any atom is -0.361 e. The van der Waals surface area contributed by atoms with Gasteiger partial charge in [0.25, 0.3) is 0 Å². The number of ether oxygens (including phenoxy) is 1. The van der Waals surface area contributed by atoms with Gasteiger partial charge in [0.05, 0.1) is 0 Å². The quantitative estimate of drug-likeness (QED) is 0.778. The van der Waals surface area contributed by atoms with Gasteiger partial charge < -0.3 is 9.26 Å². The molecular weight excluding hydrogens is 363 g/mol. The average Bonchev–Trinajstić information content (AvgIpc) is 3.03. The topological polar surface area (TPSA) is 94.3 Å². The number of benzene rings is 1. The van der Waals surface area contributed by atoms with Gasteiger partial charge in [-0.25, -0.2) is 8.42 Å². The van der Waals surface area contributed by atoms with Gasteiger partial charge in [0.15, 0.2) is 0 Å². The van der Waals surface area contributed by atoms with Crippen molar-refractivity contribution in [1.29, 1.82) is 0 Å². The van der Waals surface area contributed by atoms with E-state index < -0.39 is 28.3 Å². The first-order valence-corrected chi connectivity index (χ1v) is 8.40. The predicted octanol–water partition coefficient (Wildman–Crippen LogP) is 2.85. The van der Waals surface area contributed by atoms with E-state index in [0.29, 0.717) is 5.56 Å². The third kappa shape index (κ3) is 4.87. The van der Waals surface area contributed by atoms with Crippen LogP contribution in [-0.2, 0) is 20.9 Å². The lowest BCUT2D eigenvalue weighted by Crippen LogP contribution is -2.28. The van der Waals surface area contributed by atoms with Crippen LogP contribution in [0.1, 0.15) is 24.6 Å². The molecule has 0 aliphatic carbocycles. The molecule has 0 radical (unpaired) electrons. The lowest BCUT2D eigenvalue weighted by Gasteiger charge is -2.16. The first kappa shape index (κ1) is 19.1. The maximum absolute atomic E-state index is 12.5. The van der Waals surface area contributed by atoms with Crippen LogP contribution in [0.4, 0.5) is 13.2 Å². The molecule has 0 fully saturated rings.